The van der Waals surface area contributed by atoms with Gasteiger partial charge in [-0.05, 0) is 6.42 Å². The van der Waals surface area contributed by atoms with Crippen LogP contribution in [0.3, 0.4) is 0 Å². The van der Waals surface area contributed by atoms with Crippen LogP contribution in [0.25, 0.3) is 0 Å². The van der Waals surface area contributed by atoms with Crippen LogP contribution in [-0.4, -0.2) is 41.8 Å². The summed E-state index contributed by atoms with van der Waals surface area (Å²) in [7, 11) is 0. The lowest BCUT2D eigenvalue weighted by atomic mass is 10.0. The van der Waals surface area contributed by atoms with Crippen LogP contribution in [0.2, 0.25) is 0 Å². The maximum atomic E-state index is 12.2. The topological polar surface area (TPSA) is 64.3 Å². The van der Waals surface area contributed by atoms with Crippen molar-refractivity contribution in [2.75, 3.05) is 19.7 Å². The second-order valence-electron chi connectivity index (χ2n) is 3.57. The molecular formula is C10H15F3N2O2. The van der Waals surface area contributed by atoms with Gasteiger partial charge in [-0.2, -0.15) is 18.4 Å². The van der Waals surface area contributed by atoms with E-state index in [1.54, 1.807) is 13.0 Å². The second-order valence-corrected chi connectivity index (χ2v) is 3.57. The molecule has 1 atom stereocenters. The third kappa shape index (κ3) is 6.12. The lowest BCUT2D eigenvalue weighted by molar-refractivity contribution is -0.163. The maximum absolute atomic E-state index is 12.2. The summed E-state index contributed by atoms with van der Waals surface area (Å²) >= 11 is 0. The molecule has 0 aromatic heterocycles. The van der Waals surface area contributed by atoms with Gasteiger partial charge in [0, 0.05) is 6.54 Å². The molecule has 0 radical (unpaired) electrons. The number of aliphatic hydroxyl groups is 1. The van der Waals surface area contributed by atoms with Crippen LogP contribution < -0.4 is 0 Å². The Morgan fingerprint density at radius 1 is 1.53 bits per heavy atom. The highest BCUT2D eigenvalue weighted by Gasteiger charge is 2.34. The summed E-state index contributed by atoms with van der Waals surface area (Å²) in [6, 6.07) is 1.69. The van der Waals surface area contributed by atoms with E-state index in [2.05, 4.69) is 0 Å². The van der Waals surface area contributed by atoms with Crippen molar-refractivity contribution in [3.05, 3.63) is 0 Å². The van der Waals surface area contributed by atoms with Gasteiger partial charge in [0.1, 0.15) is 12.5 Å². The molecule has 0 aliphatic heterocycles. The van der Waals surface area contributed by atoms with Gasteiger partial charge in [-0.3, -0.25) is 4.79 Å². The van der Waals surface area contributed by atoms with E-state index in [4.69, 9.17) is 10.4 Å². The van der Waals surface area contributed by atoms with Crippen molar-refractivity contribution in [2.45, 2.75) is 25.9 Å². The quantitative estimate of drug-likeness (QED) is 0.775. The van der Waals surface area contributed by atoms with Crippen molar-refractivity contribution in [3.8, 4) is 6.07 Å². The molecule has 7 heteroatoms. The first-order valence-electron chi connectivity index (χ1n) is 5.21. The molecule has 0 rings (SSSR count). The third-order valence-electron chi connectivity index (χ3n) is 2.08. The van der Waals surface area contributed by atoms with Crippen molar-refractivity contribution in [1.29, 1.82) is 5.26 Å². The fraction of sp³-hybridized carbons (Fsp3) is 0.800. The number of hydrogen-bond donors (Lipinski definition) is 1. The zero-order valence-corrected chi connectivity index (χ0v) is 9.50. The van der Waals surface area contributed by atoms with E-state index in [1.165, 1.54) is 0 Å². The number of amides is 1. The van der Waals surface area contributed by atoms with Crippen molar-refractivity contribution < 1.29 is 23.1 Å². The molecule has 0 aromatic carbocycles. The number of nitriles is 1. The normalized spacial score (nSPS) is 12.9. The summed E-state index contributed by atoms with van der Waals surface area (Å²) < 4.78 is 36.6. The number of nitrogens with zero attached hydrogens (tertiary/aromatic N) is 2. The van der Waals surface area contributed by atoms with Crippen LogP contribution in [-0.2, 0) is 4.79 Å². The number of halogens is 3. The van der Waals surface area contributed by atoms with Gasteiger partial charge in [-0.1, -0.05) is 13.3 Å². The number of rotatable bonds is 6. The summed E-state index contributed by atoms with van der Waals surface area (Å²) in [5.74, 6) is -1.95. The maximum Gasteiger partial charge on any atom is 0.406 e. The Kier molecular flexibility index (Phi) is 6.58. The average Bonchev–Trinajstić information content (AvgIpc) is 2.22. The zero-order valence-electron chi connectivity index (χ0n) is 9.50. The minimum atomic E-state index is -4.53. The van der Waals surface area contributed by atoms with Gasteiger partial charge in [0.2, 0.25) is 5.91 Å². The second kappa shape index (κ2) is 7.12. The van der Waals surface area contributed by atoms with Crippen molar-refractivity contribution in [1.82, 2.24) is 4.90 Å². The third-order valence-corrected chi connectivity index (χ3v) is 2.08. The van der Waals surface area contributed by atoms with E-state index in [0.29, 0.717) is 11.3 Å². The zero-order chi connectivity index (χ0) is 13.5. The summed E-state index contributed by atoms with van der Waals surface area (Å²) in [6.07, 6.45) is -3.78. The number of aliphatic hydroxyl groups excluding tert-OH is 1. The highest BCUT2D eigenvalue weighted by atomic mass is 19.4. The standard InChI is InChI=1S/C10H15F3N2O2/c1-2-3-8(6-14)9(17)15(4-5-16)7-10(11,12)13/h8,16H,2-5,7H2,1H3. The van der Waals surface area contributed by atoms with Crippen molar-refractivity contribution >= 4 is 5.91 Å². The Hall–Kier alpha value is -1.29. The fourth-order valence-corrected chi connectivity index (χ4v) is 1.36. The molecule has 98 valence electrons. The van der Waals surface area contributed by atoms with Crippen LogP contribution in [0.15, 0.2) is 0 Å². The Morgan fingerprint density at radius 2 is 2.12 bits per heavy atom. The van der Waals surface area contributed by atoms with Crippen LogP contribution in [0, 0.1) is 17.2 Å². The van der Waals surface area contributed by atoms with E-state index in [0.717, 1.165) is 0 Å². The van der Waals surface area contributed by atoms with Gasteiger partial charge in [0.25, 0.3) is 0 Å². The molecule has 0 saturated heterocycles. The molecule has 17 heavy (non-hydrogen) atoms. The molecule has 1 unspecified atom stereocenters. The largest absolute Gasteiger partial charge is 0.406 e. The first-order valence-corrected chi connectivity index (χ1v) is 5.21. The molecule has 4 nitrogen and oxygen atoms in total. The monoisotopic (exact) mass is 252 g/mol. The number of hydrogen-bond acceptors (Lipinski definition) is 3. The van der Waals surface area contributed by atoms with Crippen LogP contribution in [0.1, 0.15) is 19.8 Å². The summed E-state index contributed by atoms with van der Waals surface area (Å²) in [5.41, 5.74) is 0. The Bertz CT molecular complexity index is 286. The molecule has 0 aliphatic rings. The highest BCUT2D eigenvalue weighted by molar-refractivity contribution is 5.81. The van der Waals surface area contributed by atoms with E-state index in [-0.39, 0.29) is 6.42 Å². The molecule has 0 spiro atoms. The molecule has 0 bridgehead atoms. The van der Waals surface area contributed by atoms with Crippen LogP contribution in [0.4, 0.5) is 13.2 Å². The molecular weight excluding hydrogens is 237 g/mol. The number of carbonyl (C=O) groups is 1. The summed E-state index contributed by atoms with van der Waals surface area (Å²) in [6.45, 7) is -0.682. The van der Waals surface area contributed by atoms with E-state index < -0.39 is 37.7 Å². The molecule has 0 aliphatic carbocycles. The van der Waals surface area contributed by atoms with Gasteiger partial charge >= 0.3 is 6.18 Å². The predicted molar refractivity (Wildman–Crippen MR) is 53.7 cm³/mol. The molecule has 1 amide bonds. The lowest BCUT2D eigenvalue weighted by Gasteiger charge is -2.24. The van der Waals surface area contributed by atoms with Crippen LogP contribution >= 0.6 is 0 Å². The molecule has 0 heterocycles. The van der Waals surface area contributed by atoms with Gasteiger partial charge in [0.05, 0.1) is 12.7 Å². The van der Waals surface area contributed by atoms with E-state index in [9.17, 15) is 18.0 Å². The smallest absolute Gasteiger partial charge is 0.395 e. The van der Waals surface area contributed by atoms with Gasteiger partial charge in [-0.15, -0.1) is 0 Å². The van der Waals surface area contributed by atoms with E-state index >= 15 is 0 Å². The Morgan fingerprint density at radius 3 is 2.47 bits per heavy atom. The van der Waals surface area contributed by atoms with E-state index in [1.807, 2.05) is 0 Å². The van der Waals surface area contributed by atoms with Gasteiger partial charge in [0.15, 0.2) is 0 Å². The lowest BCUT2D eigenvalue weighted by Crippen LogP contribution is -2.43. The molecule has 1 N–H and O–H groups in total. The fourth-order valence-electron chi connectivity index (χ4n) is 1.36. The minimum absolute atomic E-state index is 0.217. The van der Waals surface area contributed by atoms with Crippen LogP contribution in [0.5, 0.6) is 0 Å². The first-order chi connectivity index (χ1) is 7.85. The number of alkyl halides is 3. The predicted octanol–water partition coefficient (Wildman–Crippen LogP) is 1.31. The summed E-state index contributed by atoms with van der Waals surface area (Å²) in [5, 5.41) is 17.3. The van der Waals surface area contributed by atoms with Crippen molar-refractivity contribution in [2.24, 2.45) is 5.92 Å². The first kappa shape index (κ1) is 15.7. The summed E-state index contributed by atoms with van der Waals surface area (Å²) in [4.78, 5) is 12.1. The minimum Gasteiger partial charge on any atom is -0.395 e. The van der Waals surface area contributed by atoms with Gasteiger partial charge < -0.3 is 10.0 Å². The Labute approximate surface area is 97.6 Å². The van der Waals surface area contributed by atoms with Gasteiger partial charge in [-0.25, -0.2) is 0 Å². The molecule has 0 aromatic rings. The molecule has 0 saturated carbocycles. The SMILES string of the molecule is CCCC(C#N)C(=O)N(CCO)CC(F)(F)F. The number of carbonyl (C=O) groups excluding carboxylic acids is 1. The Balaban J connectivity index is 4.69. The average molecular weight is 252 g/mol. The molecule has 0 fully saturated rings. The van der Waals surface area contributed by atoms with Crippen molar-refractivity contribution in [3.63, 3.8) is 0 Å². The highest BCUT2D eigenvalue weighted by Crippen LogP contribution is 2.18.